The van der Waals surface area contributed by atoms with Crippen LogP contribution in [0.15, 0.2) is 42.5 Å². The molecule has 2 heterocycles. The van der Waals surface area contributed by atoms with E-state index >= 15 is 0 Å². The van der Waals surface area contributed by atoms with Gasteiger partial charge in [-0.25, -0.2) is 0 Å². The van der Waals surface area contributed by atoms with Crippen molar-refractivity contribution in [3.8, 4) is 11.5 Å². The van der Waals surface area contributed by atoms with Crippen LogP contribution in [0.4, 0.5) is 0 Å². The van der Waals surface area contributed by atoms with Crippen LogP contribution in [0.2, 0.25) is 0 Å². The molecule has 2 fully saturated rings. The van der Waals surface area contributed by atoms with Crippen LogP contribution < -0.4 is 9.47 Å². The van der Waals surface area contributed by atoms with E-state index in [0.29, 0.717) is 13.2 Å². The maximum atomic E-state index is 6.05. The van der Waals surface area contributed by atoms with Gasteiger partial charge in [0.25, 0.3) is 0 Å². The average Bonchev–Trinajstić information content (AvgIpc) is 3.64. The summed E-state index contributed by atoms with van der Waals surface area (Å²) in [7, 11) is 0. The number of aryl methyl sites for hydroxylation is 1. The summed E-state index contributed by atoms with van der Waals surface area (Å²) in [6.45, 7) is 9.70. The van der Waals surface area contributed by atoms with E-state index in [-0.39, 0.29) is 17.6 Å². The van der Waals surface area contributed by atoms with Gasteiger partial charge < -0.3 is 18.9 Å². The van der Waals surface area contributed by atoms with Gasteiger partial charge >= 0.3 is 0 Å². The van der Waals surface area contributed by atoms with E-state index in [1.54, 1.807) is 0 Å². The van der Waals surface area contributed by atoms with E-state index in [9.17, 15) is 0 Å². The van der Waals surface area contributed by atoms with Crippen LogP contribution in [0.5, 0.6) is 11.5 Å². The molecule has 2 atom stereocenters. The molecule has 2 saturated heterocycles. The molecule has 0 radical (unpaired) electrons. The second kappa shape index (κ2) is 8.76. The first kappa shape index (κ1) is 20.2. The number of benzene rings is 2. The van der Waals surface area contributed by atoms with E-state index in [1.165, 1.54) is 23.1 Å². The normalized spacial score (nSPS) is 20.4. The SMILES string of the molecule is CCCCc1cc(C(C)(C)c2ccc(OCC3CO3)cc2)ccc1OCC1CO1. The van der Waals surface area contributed by atoms with Crippen molar-refractivity contribution < 1.29 is 18.9 Å². The van der Waals surface area contributed by atoms with Crippen molar-refractivity contribution in [2.75, 3.05) is 26.4 Å². The van der Waals surface area contributed by atoms with Gasteiger partial charge in [0.2, 0.25) is 0 Å². The first-order valence-corrected chi connectivity index (χ1v) is 10.8. The topological polar surface area (TPSA) is 43.5 Å². The monoisotopic (exact) mass is 396 g/mol. The van der Waals surface area contributed by atoms with Crippen molar-refractivity contribution in [2.24, 2.45) is 0 Å². The largest absolute Gasteiger partial charge is 0.491 e. The molecule has 0 amide bonds. The highest BCUT2D eigenvalue weighted by atomic mass is 16.6. The second-order valence-corrected chi connectivity index (χ2v) is 8.61. The molecular formula is C25H32O4. The maximum Gasteiger partial charge on any atom is 0.122 e. The smallest absolute Gasteiger partial charge is 0.122 e. The lowest BCUT2D eigenvalue weighted by Crippen LogP contribution is -2.19. The molecule has 0 N–H and O–H groups in total. The fourth-order valence-corrected chi connectivity index (χ4v) is 3.51. The van der Waals surface area contributed by atoms with Gasteiger partial charge in [-0.3, -0.25) is 0 Å². The summed E-state index contributed by atoms with van der Waals surface area (Å²) in [6, 6.07) is 15.1. The van der Waals surface area contributed by atoms with Gasteiger partial charge in [-0.05, 0) is 47.7 Å². The molecule has 0 aliphatic carbocycles. The zero-order chi connectivity index (χ0) is 20.3. The third kappa shape index (κ3) is 5.31. The Morgan fingerprint density at radius 1 is 0.897 bits per heavy atom. The Balaban J connectivity index is 1.50. The van der Waals surface area contributed by atoms with E-state index in [2.05, 4.69) is 63.2 Å². The lowest BCUT2D eigenvalue weighted by molar-refractivity contribution is 0.261. The summed E-state index contributed by atoms with van der Waals surface area (Å²) in [6.07, 6.45) is 3.93. The number of epoxide rings is 2. The van der Waals surface area contributed by atoms with Gasteiger partial charge in [-0.15, -0.1) is 0 Å². The Morgan fingerprint density at radius 3 is 2.14 bits per heavy atom. The van der Waals surface area contributed by atoms with E-state index in [4.69, 9.17) is 18.9 Å². The molecule has 2 aromatic rings. The fraction of sp³-hybridized carbons (Fsp3) is 0.520. The standard InChI is InChI=1S/C25H32O4/c1-4-5-6-18-13-20(9-12-24(18)29-17-23-16-28-23)25(2,3)19-7-10-21(11-8-19)26-14-22-15-27-22/h7-13,22-23H,4-6,14-17H2,1-3H3. The van der Waals surface area contributed by atoms with Crippen LogP contribution in [0.3, 0.4) is 0 Å². The van der Waals surface area contributed by atoms with E-state index < -0.39 is 0 Å². The Hall–Kier alpha value is -2.04. The summed E-state index contributed by atoms with van der Waals surface area (Å²) in [4.78, 5) is 0. The van der Waals surface area contributed by atoms with Gasteiger partial charge in [0, 0.05) is 5.41 Å². The molecule has 2 aromatic carbocycles. The second-order valence-electron chi connectivity index (χ2n) is 8.61. The molecule has 2 aliphatic rings. The first-order valence-electron chi connectivity index (χ1n) is 10.8. The molecule has 156 valence electrons. The van der Waals surface area contributed by atoms with Crippen LogP contribution in [-0.4, -0.2) is 38.6 Å². The molecule has 2 aliphatic heterocycles. The van der Waals surface area contributed by atoms with Crippen LogP contribution in [0.25, 0.3) is 0 Å². The molecule has 0 saturated carbocycles. The van der Waals surface area contributed by atoms with Gasteiger partial charge in [0.15, 0.2) is 0 Å². The zero-order valence-electron chi connectivity index (χ0n) is 17.8. The predicted molar refractivity (Wildman–Crippen MR) is 114 cm³/mol. The van der Waals surface area contributed by atoms with Crippen LogP contribution in [0, 0.1) is 0 Å². The van der Waals surface area contributed by atoms with Crippen LogP contribution >= 0.6 is 0 Å². The molecule has 0 bridgehead atoms. The summed E-state index contributed by atoms with van der Waals surface area (Å²) in [5.41, 5.74) is 3.77. The van der Waals surface area contributed by atoms with Crippen molar-refractivity contribution >= 4 is 0 Å². The molecule has 2 unspecified atom stereocenters. The van der Waals surface area contributed by atoms with E-state index in [1.807, 2.05) is 0 Å². The van der Waals surface area contributed by atoms with Crippen molar-refractivity contribution in [1.82, 2.24) is 0 Å². The zero-order valence-corrected chi connectivity index (χ0v) is 17.8. The summed E-state index contributed by atoms with van der Waals surface area (Å²) >= 11 is 0. The Bertz CT molecular complexity index is 804. The number of unbranched alkanes of at least 4 members (excludes halogenated alkanes) is 1. The van der Waals surface area contributed by atoms with Crippen molar-refractivity contribution in [3.63, 3.8) is 0 Å². The lowest BCUT2D eigenvalue weighted by atomic mass is 9.77. The lowest BCUT2D eigenvalue weighted by Gasteiger charge is -2.27. The minimum atomic E-state index is -0.1000. The van der Waals surface area contributed by atoms with Crippen molar-refractivity contribution in [2.45, 2.75) is 57.7 Å². The summed E-state index contributed by atoms with van der Waals surface area (Å²) in [5.74, 6) is 1.90. The number of ether oxygens (including phenoxy) is 4. The highest BCUT2D eigenvalue weighted by molar-refractivity contribution is 5.45. The highest BCUT2D eigenvalue weighted by Gasteiger charge is 2.27. The van der Waals surface area contributed by atoms with Gasteiger partial charge in [0.1, 0.15) is 36.9 Å². The number of hydrogen-bond acceptors (Lipinski definition) is 4. The molecule has 0 aromatic heterocycles. The van der Waals surface area contributed by atoms with Crippen LogP contribution in [-0.2, 0) is 21.3 Å². The average molecular weight is 397 g/mol. The molecular weight excluding hydrogens is 364 g/mol. The molecule has 0 spiro atoms. The molecule has 4 rings (SSSR count). The predicted octanol–water partition coefficient (Wildman–Crippen LogP) is 4.91. The van der Waals surface area contributed by atoms with Crippen LogP contribution in [0.1, 0.15) is 50.3 Å². The van der Waals surface area contributed by atoms with Gasteiger partial charge in [-0.2, -0.15) is 0 Å². The quantitative estimate of drug-likeness (QED) is 0.506. The number of rotatable bonds is 11. The van der Waals surface area contributed by atoms with Crippen molar-refractivity contribution in [1.29, 1.82) is 0 Å². The minimum absolute atomic E-state index is 0.1000. The van der Waals surface area contributed by atoms with E-state index in [0.717, 1.165) is 37.6 Å². The molecule has 4 nitrogen and oxygen atoms in total. The Labute approximate surface area is 174 Å². The van der Waals surface area contributed by atoms with Gasteiger partial charge in [0.05, 0.1) is 13.2 Å². The number of hydrogen-bond donors (Lipinski definition) is 0. The summed E-state index contributed by atoms with van der Waals surface area (Å²) < 4.78 is 22.3. The maximum absolute atomic E-state index is 6.05. The van der Waals surface area contributed by atoms with Gasteiger partial charge in [-0.1, -0.05) is 51.5 Å². The Kier molecular flexibility index (Phi) is 6.12. The molecule has 29 heavy (non-hydrogen) atoms. The third-order valence-electron chi connectivity index (χ3n) is 5.82. The first-order chi connectivity index (χ1) is 14.1. The third-order valence-corrected chi connectivity index (χ3v) is 5.82. The fourth-order valence-electron chi connectivity index (χ4n) is 3.51. The highest BCUT2D eigenvalue weighted by Crippen LogP contribution is 2.35. The molecule has 4 heteroatoms. The Morgan fingerprint density at radius 2 is 1.52 bits per heavy atom. The summed E-state index contributed by atoms with van der Waals surface area (Å²) in [5, 5.41) is 0. The van der Waals surface area contributed by atoms with Crippen molar-refractivity contribution in [3.05, 3.63) is 59.2 Å². The minimum Gasteiger partial charge on any atom is -0.491 e.